The summed E-state index contributed by atoms with van der Waals surface area (Å²) in [5, 5.41) is 7.37. The van der Waals surface area contributed by atoms with Gasteiger partial charge in [-0.15, -0.1) is 0 Å². The number of hydrogen-bond donors (Lipinski definition) is 1. The Morgan fingerprint density at radius 3 is 2.77 bits per heavy atom. The number of aromatic nitrogens is 4. The summed E-state index contributed by atoms with van der Waals surface area (Å²) in [6, 6.07) is 10.5. The van der Waals surface area contributed by atoms with Crippen LogP contribution in [0.3, 0.4) is 0 Å². The monoisotopic (exact) mass is 295 g/mol. The summed E-state index contributed by atoms with van der Waals surface area (Å²) in [5.41, 5.74) is 1.10. The molecule has 6 heteroatoms. The molecule has 1 N–H and O–H groups in total. The summed E-state index contributed by atoms with van der Waals surface area (Å²) < 4.78 is 7.34. The van der Waals surface area contributed by atoms with Gasteiger partial charge in [0.15, 0.2) is 5.82 Å². The molecule has 3 aromatic rings. The number of aryl methyl sites for hydroxylation is 1. The summed E-state index contributed by atoms with van der Waals surface area (Å²) in [6.07, 6.45) is 6.02. The molecule has 0 spiro atoms. The molecule has 112 valence electrons. The highest BCUT2D eigenvalue weighted by Gasteiger charge is 2.29. The Morgan fingerprint density at radius 1 is 1.27 bits per heavy atom. The number of rotatable bonds is 5. The molecule has 0 radical (unpaired) electrons. The van der Waals surface area contributed by atoms with Crippen LogP contribution in [0.15, 0.2) is 47.2 Å². The molecule has 0 aliphatic heterocycles. The molecule has 1 aliphatic carbocycles. The van der Waals surface area contributed by atoms with E-state index in [0.29, 0.717) is 11.9 Å². The van der Waals surface area contributed by atoms with Crippen molar-refractivity contribution >= 4 is 6.01 Å². The SMILES string of the molecule is Cn1ccnc1[C@@H](Nc1nc(C2CC2)no1)c1ccccc1. The maximum Gasteiger partial charge on any atom is 0.322 e. The van der Waals surface area contributed by atoms with Crippen LogP contribution in [0.5, 0.6) is 0 Å². The summed E-state index contributed by atoms with van der Waals surface area (Å²) >= 11 is 0. The maximum absolute atomic E-state index is 5.35. The summed E-state index contributed by atoms with van der Waals surface area (Å²) in [7, 11) is 1.98. The molecular formula is C16H17N5O. The van der Waals surface area contributed by atoms with E-state index in [4.69, 9.17) is 4.52 Å². The molecule has 6 nitrogen and oxygen atoms in total. The topological polar surface area (TPSA) is 68.8 Å². The third-order valence-corrected chi connectivity index (χ3v) is 3.90. The van der Waals surface area contributed by atoms with E-state index in [1.807, 2.05) is 36.0 Å². The van der Waals surface area contributed by atoms with Gasteiger partial charge in [-0.05, 0) is 18.4 Å². The summed E-state index contributed by atoms with van der Waals surface area (Å²) in [6.45, 7) is 0. The number of hydrogen-bond acceptors (Lipinski definition) is 5. The highest BCUT2D eigenvalue weighted by molar-refractivity contribution is 5.35. The Labute approximate surface area is 128 Å². The van der Waals surface area contributed by atoms with E-state index in [1.165, 1.54) is 0 Å². The van der Waals surface area contributed by atoms with E-state index in [0.717, 1.165) is 30.1 Å². The van der Waals surface area contributed by atoms with E-state index in [9.17, 15) is 0 Å². The molecule has 0 unspecified atom stereocenters. The van der Waals surface area contributed by atoms with E-state index >= 15 is 0 Å². The standard InChI is InChI=1S/C16H17N5O/c1-21-10-9-17-15(21)13(11-5-3-2-4-6-11)18-16-19-14(20-22-16)12-7-8-12/h2-6,9-10,12-13H,7-8H2,1H3,(H,18,19,20)/t13-/m0/s1. The molecule has 0 amide bonds. The lowest BCUT2D eigenvalue weighted by molar-refractivity contribution is 0.420. The van der Waals surface area contributed by atoms with Crippen molar-refractivity contribution < 1.29 is 4.52 Å². The molecular weight excluding hydrogens is 278 g/mol. The molecule has 1 aliphatic rings. The van der Waals surface area contributed by atoms with Crippen LogP contribution in [0.25, 0.3) is 0 Å². The van der Waals surface area contributed by atoms with Crippen LogP contribution in [-0.2, 0) is 7.05 Å². The van der Waals surface area contributed by atoms with Gasteiger partial charge in [0.1, 0.15) is 11.9 Å². The van der Waals surface area contributed by atoms with Crippen LogP contribution in [0.4, 0.5) is 6.01 Å². The van der Waals surface area contributed by atoms with Crippen molar-refractivity contribution in [3.8, 4) is 0 Å². The normalized spacial score (nSPS) is 15.7. The lowest BCUT2D eigenvalue weighted by atomic mass is 10.1. The smallest absolute Gasteiger partial charge is 0.322 e. The van der Waals surface area contributed by atoms with Crippen LogP contribution in [0.1, 0.15) is 42.0 Å². The van der Waals surface area contributed by atoms with Crippen molar-refractivity contribution in [1.29, 1.82) is 0 Å². The van der Waals surface area contributed by atoms with Gasteiger partial charge in [-0.1, -0.05) is 35.5 Å². The number of nitrogens with one attached hydrogen (secondary N) is 1. The van der Waals surface area contributed by atoms with Crippen LogP contribution >= 0.6 is 0 Å². The summed E-state index contributed by atoms with van der Waals surface area (Å²) in [5.74, 6) is 2.18. The molecule has 0 saturated heterocycles. The van der Waals surface area contributed by atoms with Gasteiger partial charge in [-0.3, -0.25) is 0 Å². The molecule has 4 rings (SSSR count). The quantitative estimate of drug-likeness (QED) is 0.784. The van der Waals surface area contributed by atoms with Gasteiger partial charge in [0.05, 0.1) is 0 Å². The third-order valence-electron chi connectivity index (χ3n) is 3.90. The minimum absolute atomic E-state index is 0.131. The van der Waals surface area contributed by atoms with E-state index < -0.39 is 0 Å². The van der Waals surface area contributed by atoms with Crippen LogP contribution in [-0.4, -0.2) is 19.7 Å². The first-order valence-corrected chi connectivity index (χ1v) is 7.43. The fourth-order valence-corrected chi connectivity index (χ4v) is 2.52. The van der Waals surface area contributed by atoms with Crippen molar-refractivity contribution in [2.75, 3.05) is 5.32 Å². The Bertz CT molecular complexity index is 760. The highest BCUT2D eigenvalue weighted by Crippen LogP contribution is 2.38. The Morgan fingerprint density at radius 2 is 2.09 bits per heavy atom. The average molecular weight is 295 g/mol. The number of imidazole rings is 1. The van der Waals surface area contributed by atoms with Gasteiger partial charge in [-0.25, -0.2) is 4.98 Å². The minimum atomic E-state index is -0.131. The van der Waals surface area contributed by atoms with Crippen molar-refractivity contribution in [2.24, 2.45) is 7.05 Å². The minimum Gasteiger partial charge on any atom is -0.336 e. The fraction of sp³-hybridized carbons (Fsp3) is 0.312. The lowest BCUT2D eigenvalue weighted by Crippen LogP contribution is -2.16. The zero-order valence-electron chi connectivity index (χ0n) is 12.3. The second kappa shape index (κ2) is 5.29. The molecule has 1 fully saturated rings. The predicted octanol–water partition coefficient (Wildman–Crippen LogP) is 2.88. The van der Waals surface area contributed by atoms with Gasteiger partial charge in [0.2, 0.25) is 0 Å². The second-order valence-corrected chi connectivity index (χ2v) is 5.62. The predicted molar refractivity (Wildman–Crippen MR) is 81.4 cm³/mol. The van der Waals surface area contributed by atoms with Crippen LogP contribution < -0.4 is 5.32 Å². The van der Waals surface area contributed by atoms with Gasteiger partial charge in [0.25, 0.3) is 0 Å². The molecule has 2 heterocycles. The number of nitrogens with zero attached hydrogens (tertiary/aromatic N) is 4. The Hall–Kier alpha value is -2.63. The van der Waals surface area contributed by atoms with E-state index in [2.05, 4.69) is 32.6 Å². The fourth-order valence-electron chi connectivity index (χ4n) is 2.52. The largest absolute Gasteiger partial charge is 0.336 e. The van der Waals surface area contributed by atoms with E-state index in [-0.39, 0.29) is 6.04 Å². The molecule has 1 saturated carbocycles. The van der Waals surface area contributed by atoms with Gasteiger partial charge in [0, 0.05) is 25.4 Å². The van der Waals surface area contributed by atoms with Crippen molar-refractivity contribution in [2.45, 2.75) is 24.8 Å². The van der Waals surface area contributed by atoms with E-state index in [1.54, 1.807) is 6.20 Å². The first-order valence-electron chi connectivity index (χ1n) is 7.43. The summed E-state index contributed by atoms with van der Waals surface area (Å²) in [4.78, 5) is 8.90. The van der Waals surface area contributed by atoms with Crippen molar-refractivity contribution in [1.82, 2.24) is 19.7 Å². The number of anilines is 1. The Kier molecular flexibility index (Phi) is 3.14. The first-order chi connectivity index (χ1) is 10.8. The maximum atomic E-state index is 5.35. The zero-order valence-corrected chi connectivity index (χ0v) is 12.3. The zero-order chi connectivity index (χ0) is 14.9. The van der Waals surface area contributed by atoms with Crippen molar-refractivity contribution in [3.05, 3.63) is 59.9 Å². The second-order valence-electron chi connectivity index (χ2n) is 5.62. The van der Waals surface area contributed by atoms with Crippen LogP contribution in [0.2, 0.25) is 0 Å². The molecule has 1 aromatic carbocycles. The van der Waals surface area contributed by atoms with Gasteiger partial charge < -0.3 is 14.4 Å². The van der Waals surface area contributed by atoms with Gasteiger partial charge >= 0.3 is 6.01 Å². The first kappa shape index (κ1) is 13.1. The number of benzene rings is 1. The van der Waals surface area contributed by atoms with Crippen LogP contribution in [0, 0.1) is 0 Å². The van der Waals surface area contributed by atoms with Gasteiger partial charge in [-0.2, -0.15) is 4.98 Å². The highest BCUT2D eigenvalue weighted by atomic mass is 16.5. The molecule has 1 atom stereocenters. The average Bonchev–Trinajstić information content (AvgIpc) is 3.15. The third kappa shape index (κ3) is 2.47. The Balaban J connectivity index is 1.66. The lowest BCUT2D eigenvalue weighted by Gasteiger charge is -2.17. The van der Waals surface area contributed by atoms with Crippen molar-refractivity contribution in [3.63, 3.8) is 0 Å². The molecule has 2 aromatic heterocycles. The molecule has 22 heavy (non-hydrogen) atoms. The molecule has 0 bridgehead atoms.